The van der Waals surface area contributed by atoms with Crippen LogP contribution in [0, 0.1) is 5.92 Å². The van der Waals surface area contributed by atoms with Crippen LogP contribution in [0.3, 0.4) is 0 Å². The highest BCUT2D eigenvalue weighted by atomic mass is 35.5. The maximum absolute atomic E-state index is 12.9. The average molecular weight is 309 g/mol. The molecule has 1 unspecified atom stereocenters. The van der Waals surface area contributed by atoms with Gasteiger partial charge in [-0.2, -0.15) is 0 Å². The summed E-state index contributed by atoms with van der Waals surface area (Å²) < 4.78 is 0. The van der Waals surface area contributed by atoms with Crippen LogP contribution >= 0.6 is 11.6 Å². The lowest BCUT2D eigenvalue weighted by molar-refractivity contribution is -0.137. The summed E-state index contributed by atoms with van der Waals surface area (Å²) in [4.78, 5) is 14.8. The second-order valence-corrected chi connectivity index (χ2v) is 7.00. The lowest BCUT2D eigenvalue weighted by atomic mass is 9.82. The molecule has 1 aliphatic rings. The van der Waals surface area contributed by atoms with Gasteiger partial charge in [0.25, 0.3) is 0 Å². The predicted octanol–water partition coefficient (Wildman–Crippen LogP) is 3.20. The molecule has 1 fully saturated rings. The molecule has 1 aromatic carbocycles. The number of nitrogens with zero attached hydrogens (tertiary/aromatic N) is 1. The van der Waals surface area contributed by atoms with Crippen LogP contribution in [0.4, 0.5) is 0 Å². The molecule has 4 heteroatoms. The minimum atomic E-state index is -0.598. The fraction of sp³-hybridized carbons (Fsp3) is 0.588. The van der Waals surface area contributed by atoms with Crippen molar-refractivity contribution in [1.82, 2.24) is 4.90 Å². The minimum Gasteiger partial charge on any atom is -0.342 e. The summed E-state index contributed by atoms with van der Waals surface area (Å²) in [5.74, 6) is 0.677. The molecule has 1 atom stereocenters. The topological polar surface area (TPSA) is 46.3 Å². The van der Waals surface area contributed by atoms with Gasteiger partial charge in [-0.05, 0) is 51.2 Å². The van der Waals surface area contributed by atoms with Gasteiger partial charge in [0.05, 0.1) is 5.41 Å². The highest BCUT2D eigenvalue weighted by Crippen LogP contribution is 2.33. The van der Waals surface area contributed by atoms with Crippen LogP contribution in [0.1, 0.15) is 39.2 Å². The number of nitrogens with two attached hydrogens (primary N) is 1. The Labute approximate surface area is 132 Å². The van der Waals surface area contributed by atoms with Crippen LogP contribution in [-0.4, -0.2) is 29.9 Å². The molecular weight excluding hydrogens is 284 g/mol. The Morgan fingerprint density at radius 1 is 1.33 bits per heavy atom. The average Bonchev–Trinajstić information content (AvgIpc) is 2.46. The van der Waals surface area contributed by atoms with Crippen molar-refractivity contribution in [3.8, 4) is 0 Å². The van der Waals surface area contributed by atoms with Crippen LogP contribution in [0.25, 0.3) is 0 Å². The van der Waals surface area contributed by atoms with Crippen molar-refractivity contribution < 1.29 is 4.79 Å². The third-order valence-corrected chi connectivity index (χ3v) is 4.98. The van der Waals surface area contributed by atoms with E-state index in [2.05, 4.69) is 6.92 Å². The van der Waals surface area contributed by atoms with Gasteiger partial charge in [0.15, 0.2) is 0 Å². The molecule has 1 saturated heterocycles. The quantitative estimate of drug-likeness (QED) is 0.932. The van der Waals surface area contributed by atoms with Crippen molar-refractivity contribution in [3.63, 3.8) is 0 Å². The maximum Gasteiger partial charge on any atom is 0.232 e. The van der Waals surface area contributed by atoms with Gasteiger partial charge < -0.3 is 10.6 Å². The molecule has 0 radical (unpaired) electrons. The first-order valence-corrected chi connectivity index (χ1v) is 8.01. The normalized spacial score (nSPS) is 18.6. The van der Waals surface area contributed by atoms with E-state index in [4.69, 9.17) is 17.3 Å². The Bertz CT molecular complexity index is 505. The molecule has 1 heterocycles. The number of carbonyl (C=O) groups excluding carboxylic acids is 1. The molecule has 0 aliphatic carbocycles. The lowest BCUT2D eigenvalue weighted by Crippen LogP contribution is -2.48. The molecule has 0 spiro atoms. The number of hydrogen-bond acceptors (Lipinski definition) is 2. The van der Waals surface area contributed by atoms with E-state index in [9.17, 15) is 4.79 Å². The second-order valence-electron chi connectivity index (χ2n) is 6.59. The number of amides is 1. The van der Waals surface area contributed by atoms with E-state index in [-0.39, 0.29) is 11.9 Å². The summed E-state index contributed by atoms with van der Waals surface area (Å²) in [7, 11) is 0. The van der Waals surface area contributed by atoms with Crippen LogP contribution in [0.5, 0.6) is 0 Å². The second kappa shape index (κ2) is 6.37. The van der Waals surface area contributed by atoms with Gasteiger partial charge in [0.1, 0.15) is 0 Å². The molecular formula is C17H25ClN2O. The van der Waals surface area contributed by atoms with E-state index in [1.807, 2.05) is 43.0 Å². The fourth-order valence-electron chi connectivity index (χ4n) is 3.11. The van der Waals surface area contributed by atoms with Crippen molar-refractivity contribution in [3.05, 3.63) is 34.9 Å². The van der Waals surface area contributed by atoms with Crippen molar-refractivity contribution in [2.24, 2.45) is 11.7 Å². The molecule has 1 aromatic rings. The van der Waals surface area contributed by atoms with Crippen molar-refractivity contribution in [2.75, 3.05) is 13.1 Å². The highest BCUT2D eigenvalue weighted by Gasteiger charge is 2.36. The molecule has 2 N–H and O–H groups in total. The first-order valence-electron chi connectivity index (χ1n) is 7.64. The van der Waals surface area contributed by atoms with Gasteiger partial charge in [-0.25, -0.2) is 0 Å². The molecule has 0 aromatic heterocycles. The number of benzene rings is 1. The first-order chi connectivity index (χ1) is 9.84. The van der Waals surface area contributed by atoms with Gasteiger partial charge in [0, 0.05) is 24.2 Å². The fourth-order valence-corrected chi connectivity index (χ4v) is 3.48. The van der Waals surface area contributed by atoms with E-state index in [0.717, 1.165) is 31.5 Å². The summed E-state index contributed by atoms with van der Waals surface area (Å²) in [6, 6.07) is 7.81. The molecule has 116 valence electrons. The number of halogens is 1. The number of hydrogen-bond donors (Lipinski definition) is 1. The number of likely N-dealkylation sites (tertiary alicyclic amines) is 1. The SMILES string of the molecule is CC(N)C1CCN(C(=O)C(C)(C)c2ccccc2Cl)CC1. The molecule has 1 aliphatic heterocycles. The molecule has 3 nitrogen and oxygen atoms in total. The van der Waals surface area contributed by atoms with Crippen molar-refractivity contribution in [1.29, 1.82) is 0 Å². The van der Waals surface area contributed by atoms with Crippen LogP contribution in [-0.2, 0) is 10.2 Å². The van der Waals surface area contributed by atoms with Crippen LogP contribution < -0.4 is 5.73 Å². The van der Waals surface area contributed by atoms with Gasteiger partial charge in [-0.1, -0.05) is 29.8 Å². The van der Waals surface area contributed by atoms with Gasteiger partial charge >= 0.3 is 0 Å². The van der Waals surface area contributed by atoms with E-state index in [0.29, 0.717) is 10.9 Å². The van der Waals surface area contributed by atoms with Crippen LogP contribution in [0.2, 0.25) is 5.02 Å². The van der Waals surface area contributed by atoms with Gasteiger partial charge in [-0.3, -0.25) is 4.79 Å². The largest absolute Gasteiger partial charge is 0.342 e. The lowest BCUT2D eigenvalue weighted by Gasteiger charge is -2.38. The number of carbonyl (C=O) groups is 1. The zero-order valence-corrected chi connectivity index (χ0v) is 13.9. The van der Waals surface area contributed by atoms with Crippen molar-refractivity contribution in [2.45, 2.75) is 45.1 Å². The van der Waals surface area contributed by atoms with E-state index in [1.165, 1.54) is 0 Å². The van der Waals surface area contributed by atoms with E-state index in [1.54, 1.807) is 0 Å². The van der Waals surface area contributed by atoms with Crippen molar-refractivity contribution >= 4 is 17.5 Å². The monoisotopic (exact) mass is 308 g/mol. The predicted molar refractivity (Wildman–Crippen MR) is 87.4 cm³/mol. The Morgan fingerprint density at radius 2 is 1.90 bits per heavy atom. The molecule has 2 rings (SSSR count). The number of rotatable bonds is 3. The Kier molecular flexibility index (Phi) is 4.95. The molecule has 1 amide bonds. The highest BCUT2D eigenvalue weighted by molar-refractivity contribution is 6.31. The summed E-state index contributed by atoms with van der Waals surface area (Å²) in [6.45, 7) is 7.54. The van der Waals surface area contributed by atoms with E-state index < -0.39 is 5.41 Å². The minimum absolute atomic E-state index is 0.152. The molecule has 0 bridgehead atoms. The standard InChI is InChI=1S/C17H25ClN2O/c1-12(19)13-8-10-20(11-9-13)16(21)17(2,3)14-6-4-5-7-15(14)18/h4-7,12-13H,8-11,19H2,1-3H3. The summed E-state index contributed by atoms with van der Waals surface area (Å²) in [6.07, 6.45) is 1.98. The molecule has 21 heavy (non-hydrogen) atoms. The Balaban J connectivity index is 2.11. The zero-order chi connectivity index (χ0) is 15.6. The van der Waals surface area contributed by atoms with Gasteiger partial charge in [-0.15, -0.1) is 0 Å². The van der Waals surface area contributed by atoms with Crippen LogP contribution in [0.15, 0.2) is 24.3 Å². The Morgan fingerprint density at radius 3 is 2.43 bits per heavy atom. The summed E-state index contributed by atoms with van der Waals surface area (Å²) in [5.41, 5.74) is 6.26. The van der Waals surface area contributed by atoms with Gasteiger partial charge in [0.2, 0.25) is 5.91 Å². The third-order valence-electron chi connectivity index (χ3n) is 4.65. The third kappa shape index (κ3) is 3.41. The summed E-state index contributed by atoms with van der Waals surface area (Å²) in [5, 5.41) is 0.654. The summed E-state index contributed by atoms with van der Waals surface area (Å²) >= 11 is 6.27. The maximum atomic E-state index is 12.9. The first kappa shape index (κ1) is 16.3. The molecule has 0 saturated carbocycles. The van der Waals surface area contributed by atoms with E-state index >= 15 is 0 Å². The zero-order valence-electron chi connectivity index (χ0n) is 13.1. The smallest absolute Gasteiger partial charge is 0.232 e. The Hall–Kier alpha value is -1.06. The number of piperidine rings is 1.